The van der Waals surface area contributed by atoms with Gasteiger partial charge in [0.25, 0.3) is 0 Å². The van der Waals surface area contributed by atoms with Crippen LogP contribution in [0.25, 0.3) is 0 Å². The summed E-state index contributed by atoms with van der Waals surface area (Å²) in [6.07, 6.45) is 2.64. The van der Waals surface area contributed by atoms with Gasteiger partial charge in [-0.2, -0.15) is 0 Å². The number of benzene rings is 1. The van der Waals surface area contributed by atoms with Gasteiger partial charge in [-0.15, -0.1) is 11.6 Å². The Morgan fingerprint density at radius 2 is 1.94 bits per heavy atom. The normalized spacial score (nSPS) is 10.2. The maximum Gasteiger partial charge on any atom is 0.134 e. The number of hydrogen-bond donors (Lipinski definition) is 1. The fourth-order valence-electron chi connectivity index (χ4n) is 1.54. The zero-order valence-electron chi connectivity index (χ0n) is 9.65. The molecule has 0 aliphatic heterocycles. The molecule has 2 aromatic rings. The number of anilines is 2. The van der Waals surface area contributed by atoms with E-state index in [-0.39, 0.29) is 0 Å². The van der Waals surface area contributed by atoms with Crippen molar-refractivity contribution < 1.29 is 0 Å². The second-order valence-corrected chi connectivity index (χ2v) is 4.13. The molecule has 0 saturated heterocycles. The Balaban J connectivity index is 2.08. The maximum atomic E-state index is 5.69. The Kier molecular flexibility index (Phi) is 3.94. The second kappa shape index (κ2) is 5.64. The molecule has 0 aliphatic carbocycles. The van der Waals surface area contributed by atoms with E-state index in [1.807, 2.05) is 25.1 Å². The third kappa shape index (κ3) is 3.43. The first-order valence-electron chi connectivity index (χ1n) is 5.49. The molecule has 0 spiro atoms. The predicted octanol–water partition coefficient (Wildman–Crippen LogP) is 3.31. The Labute approximate surface area is 106 Å². The molecule has 0 amide bonds. The zero-order chi connectivity index (χ0) is 12.1. The highest BCUT2D eigenvalue weighted by Gasteiger charge is 1.97. The van der Waals surface area contributed by atoms with Crippen LogP contribution in [0.2, 0.25) is 0 Å². The highest BCUT2D eigenvalue weighted by Crippen LogP contribution is 2.15. The average Bonchev–Trinajstić information content (AvgIpc) is 2.32. The Morgan fingerprint density at radius 3 is 2.59 bits per heavy atom. The monoisotopic (exact) mass is 247 g/mol. The largest absolute Gasteiger partial charge is 0.340 e. The van der Waals surface area contributed by atoms with Crippen molar-refractivity contribution in [2.24, 2.45) is 0 Å². The lowest BCUT2D eigenvalue weighted by molar-refractivity contribution is 1.06. The molecule has 2 rings (SSSR count). The fourth-order valence-corrected chi connectivity index (χ4v) is 1.76. The molecular formula is C13H14ClN3. The Bertz CT molecular complexity index is 482. The molecule has 1 N–H and O–H groups in total. The van der Waals surface area contributed by atoms with Crippen molar-refractivity contribution in [1.29, 1.82) is 0 Å². The molecule has 4 heteroatoms. The molecule has 1 aromatic carbocycles. The summed E-state index contributed by atoms with van der Waals surface area (Å²) in [4.78, 5) is 8.34. The van der Waals surface area contributed by atoms with Crippen LogP contribution in [0, 0.1) is 6.92 Å². The SMILES string of the molecule is Cc1nccc(Nc2ccc(CCCl)cc2)n1. The maximum absolute atomic E-state index is 5.69. The van der Waals surface area contributed by atoms with Crippen molar-refractivity contribution in [3.8, 4) is 0 Å². The molecule has 0 aliphatic rings. The lowest BCUT2D eigenvalue weighted by Crippen LogP contribution is -1.96. The smallest absolute Gasteiger partial charge is 0.134 e. The van der Waals surface area contributed by atoms with E-state index in [1.54, 1.807) is 6.20 Å². The van der Waals surface area contributed by atoms with Gasteiger partial charge < -0.3 is 5.32 Å². The van der Waals surface area contributed by atoms with E-state index in [9.17, 15) is 0 Å². The molecule has 0 radical (unpaired) electrons. The van der Waals surface area contributed by atoms with Crippen LogP contribution in [0.1, 0.15) is 11.4 Å². The van der Waals surface area contributed by atoms with E-state index >= 15 is 0 Å². The number of nitrogens with zero attached hydrogens (tertiary/aromatic N) is 2. The quantitative estimate of drug-likeness (QED) is 0.843. The van der Waals surface area contributed by atoms with E-state index in [0.717, 1.165) is 23.8 Å². The van der Waals surface area contributed by atoms with Crippen LogP contribution in [-0.4, -0.2) is 15.8 Å². The van der Waals surface area contributed by atoms with Crippen molar-refractivity contribution in [3.05, 3.63) is 47.9 Å². The van der Waals surface area contributed by atoms with Gasteiger partial charge in [-0.3, -0.25) is 0 Å². The van der Waals surface area contributed by atoms with Gasteiger partial charge in [0.15, 0.2) is 0 Å². The third-order valence-electron chi connectivity index (χ3n) is 2.39. The van der Waals surface area contributed by atoms with Crippen molar-refractivity contribution in [1.82, 2.24) is 9.97 Å². The van der Waals surface area contributed by atoms with Crippen molar-refractivity contribution in [2.75, 3.05) is 11.2 Å². The minimum absolute atomic E-state index is 0.651. The Hall–Kier alpha value is -1.61. The van der Waals surface area contributed by atoms with E-state index in [4.69, 9.17) is 11.6 Å². The van der Waals surface area contributed by atoms with Gasteiger partial charge in [-0.1, -0.05) is 12.1 Å². The molecular weight excluding hydrogens is 234 g/mol. The topological polar surface area (TPSA) is 37.8 Å². The van der Waals surface area contributed by atoms with E-state index in [0.29, 0.717) is 5.88 Å². The predicted molar refractivity (Wildman–Crippen MR) is 70.9 cm³/mol. The minimum atomic E-state index is 0.651. The van der Waals surface area contributed by atoms with Gasteiger partial charge in [0.05, 0.1) is 0 Å². The van der Waals surface area contributed by atoms with Gasteiger partial charge in [0.1, 0.15) is 11.6 Å². The summed E-state index contributed by atoms with van der Waals surface area (Å²) in [5.74, 6) is 2.22. The van der Waals surface area contributed by atoms with Crippen LogP contribution in [0.15, 0.2) is 36.5 Å². The summed E-state index contributed by atoms with van der Waals surface area (Å²) in [5, 5.41) is 3.23. The van der Waals surface area contributed by atoms with Crippen LogP contribution in [-0.2, 0) is 6.42 Å². The molecule has 88 valence electrons. The fraction of sp³-hybridized carbons (Fsp3) is 0.231. The first kappa shape index (κ1) is 11.9. The first-order valence-corrected chi connectivity index (χ1v) is 6.03. The van der Waals surface area contributed by atoms with Crippen molar-refractivity contribution >= 4 is 23.1 Å². The number of alkyl halides is 1. The van der Waals surface area contributed by atoms with Crippen LogP contribution in [0.3, 0.4) is 0 Å². The van der Waals surface area contributed by atoms with Crippen LogP contribution >= 0.6 is 11.6 Å². The Morgan fingerprint density at radius 1 is 1.18 bits per heavy atom. The van der Waals surface area contributed by atoms with Gasteiger partial charge in [-0.25, -0.2) is 9.97 Å². The summed E-state index contributed by atoms with van der Waals surface area (Å²) in [6, 6.07) is 10.0. The molecule has 0 bridgehead atoms. The molecule has 0 atom stereocenters. The highest BCUT2D eigenvalue weighted by atomic mass is 35.5. The lowest BCUT2D eigenvalue weighted by atomic mass is 10.1. The number of halogens is 1. The average molecular weight is 248 g/mol. The van der Waals surface area contributed by atoms with E-state index in [1.165, 1.54) is 5.56 Å². The number of nitrogens with one attached hydrogen (secondary N) is 1. The van der Waals surface area contributed by atoms with Crippen molar-refractivity contribution in [3.63, 3.8) is 0 Å². The molecule has 1 heterocycles. The molecule has 0 saturated carbocycles. The summed E-state index contributed by atoms with van der Waals surface area (Å²) < 4.78 is 0. The number of rotatable bonds is 4. The summed E-state index contributed by atoms with van der Waals surface area (Å²) >= 11 is 5.69. The summed E-state index contributed by atoms with van der Waals surface area (Å²) in [5.41, 5.74) is 2.26. The molecule has 17 heavy (non-hydrogen) atoms. The van der Waals surface area contributed by atoms with Gasteiger partial charge in [0.2, 0.25) is 0 Å². The van der Waals surface area contributed by atoms with Crippen LogP contribution in [0.4, 0.5) is 11.5 Å². The molecule has 1 aromatic heterocycles. The highest BCUT2D eigenvalue weighted by molar-refractivity contribution is 6.17. The number of aromatic nitrogens is 2. The van der Waals surface area contributed by atoms with E-state index < -0.39 is 0 Å². The third-order valence-corrected chi connectivity index (χ3v) is 2.57. The van der Waals surface area contributed by atoms with Crippen LogP contribution in [0.5, 0.6) is 0 Å². The van der Waals surface area contributed by atoms with Crippen LogP contribution < -0.4 is 5.32 Å². The first-order chi connectivity index (χ1) is 8.28. The van der Waals surface area contributed by atoms with Gasteiger partial charge >= 0.3 is 0 Å². The minimum Gasteiger partial charge on any atom is -0.340 e. The molecule has 0 unspecified atom stereocenters. The second-order valence-electron chi connectivity index (χ2n) is 3.75. The standard InChI is InChI=1S/C13H14ClN3/c1-10-15-9-7-13(16-10)17-12-4-2-11(3-5-12)6-8-14/h2-5,7,9H,6,8H2,1H3,(H,15,16,17). The van der Waals surface area contributed by atoms with Gasteiger partial charge in [0, 0.05) is 17.8 Å². The summed E-state index contributed by atoms with van der Waals surface area (Å²) in [7, 11) is 0. The molecule has 3 nitrogen and oxygen atoms in total. The molecule has 0 fully saturated rings. The van der Waals surface area contributed by atoms with Gasteiger partial charge in [-0.05, 0) is 37.1 Å². The summed E-state index contributed by atoms with van der Waals surface area (Å²) in [6.45, 7) is 1.87. The van der Waals surface area contributed by atoms with Crippen molar-refractivity contribution in [2.45, 2.75) is 13.3 Å². The lowest BCUT2D eigenvalue weighted by Gasteiger charge is -2.06. The number of aryl methyl sites for hydroxylation is 2. The zero-order valence-corrected chi connectivity index (χ0v) is 10.4. The number of hydrogen-bond acceptors (Lipinski definition) is 3. The van der Waals surface area contributed by atoms with E-state index in [2.05, 4.69) is 27.4 Å².